The molecule has 0 aliphatic rings. The van der Waals surface area contributed by atoms with Gasteiger partial charge in [0.05, 0.1) is 18.5 Å². The molecule has 0 saturated heterocycles. The van der Waals surface area contributed by atoms with Gasteiger partial charge in [-0.3, -0.25) is 4.79 Å². The minimum absolute atomic E-state index is 0.0566. The summed E-state index contributed by atoms with van der Waals surface area (Å²) < 4.78 is 5.40. The van der Waals surface area contributed by atoms with Crippen LogP contribution in [0.15, 0.2) is 96.6 Å². The van der Waals surface area contributed by atoms with Gasteiger partial charge in [0.1, 0.15) is 12.4 Å². The molecule has 0 aromatic heterocycles. The fourth-order valence-corrected chi connectivity index (χ4v) is 2.74. The molecule has 0 aliphatic heterocycles. The second kappa shape index (κ2) is 10.0. The molecule has 0 fully saturated rings. The molecule has 3 aromatic carbocycles. The Morgan fingerprint density at radius 1 is 1.00 bits per heavy atom. The molecule has 3 rings (SSSR count). The molecule has 0 unspecified atom stereocenters. The first-order valence-electron chi connectivity index (χ1n) is 9.21. The summed E-state index contributed by atoms with van der Waals surface area (Å²) in [6, 6.07) is 24.9. The van der Waals surface area contributed by atoms with Gasteiger partial charge in [-0.1, -0.05) is 61.2 Å². The van der Waals surface area contributed by atoms with Crippen molar-refractivity contribution in [2.75, 3.05) is 18.2 Å². The quantitative estimate of drug-likeness (QED) is 0.357. The molecule has 1 N–H and O–H groups in total. The molecule has 0 bridgehead atoms. The number of aliphatic hydroxyl groups is 1. The second-order valence-electron chi connectivity index (χ2n) is 6.16. The van der Waals surface area contributed by atoms with E-state index in [1.54, 1.807) is 18.3 Å². The summed E-state index contributed by atoms with van der Waals surface area (Å²) in [6.45, 7) is 3.73. The summed E-state index contributed by atoms with van der Waals surface area (Å²) in [7, 11) is 0. The minimum Gasteiger partial charge on any atom is -0.491 e. The highest BCUT2D eigenvalue weighted by Gasteiger charge is 2.11. The van der Waals surface area contributed by atoms with E-state index in [1.165, 1.54) is 11.1 Å². The largest absolute Gasteiger partial charge is 0.491 e. The van der Waals surface area contributed by atoms with Crippen LogP contribution in [-0.2, 0) is 4.79 Å². The maximum Gasteiger partial charge on any atom is 0.270 e. The van der Waals surface area contributed by atoms with Crippen LogP contribution in [0.1, 0.15) is 5.56 Å². The number of ether oxygens (including phenoxy) is 1. The third-order valence-corrected chi connectivity index (χ3v) is 4.14. The number of benzene rings is 3. The van der Waals surface area contributed by atoms with Crippen LogP contribution in [0.2, 0.25) is 0 Å². The average Bonchev–Trinajstić information content (AvgIpc) is 2.79. The molecule has 3 aromatic rings. The van der Waals surface area contributed by atoms with E-state index in [1.807, 2.05) is 66.7 Å². The Morgan fingerprint density at radius 2 is 1.72 bits per heavy atom. The maximum atomic E-state index is 12.3. The molecule has 0 atom stereocenters. The molecule has 0 aliphatic carbocycles. The molecule has 0 heterocycles. The maximum absolute atomic E-state index is 12.3. The zero-order chi connectivity index (χ0) is 20.5. The van der Waals surface area contributed by atoms with Crippen molar-refractivity contribution in [3.8, 4) is 16.9 Å². The van der Waals surface area contributed by atoms with E-state index in [4.69, 9.17) is 9.84 Å². The van der Waals surface area contributed by atoms with Crippen molar-refractivity contribution in [1.82, 2.24) is 0 Å². The molecular formula is C24H22N2O3. The number of amides is 1. The molecule has 5 heteroatoms. The van der Waals surface area contributed by atoms with Gasteiger partial charge in [-0.2, -0.15) is 10.1 Å². The van der Waals surface area contributed by atoms with Gasteiger partial charge in [-0.05, 0) is 47.0 Å². The van der Waals surface area contributed by atoms with Gasteiger partial charge in [-0.15, -0.1) is 0 Å². The predicted octanol–water partition coefficient (Wildman–Crippen LogP) is 4.28. The summed E-state index contributed by atoms with van der Waals surface area (Å²) in [5.41, 5.74) is 3.56. The number of rotatable bonds is 8. The third kappa shape index (κ3) is 5.40. The van der Waals surface area contributed by atoms with Crippen molar-refractivity contribution < 1.29 is 14.6 Å². The lowest BCUT2D eigenvalue weighted by molar-refractivity contribution is -0.114. The highest BCUT2D eigenvalue weighted by atomic mass is 16.5. The van der Waals surface area contributed by atoms with Crippen molar-refractivity contribution >= 4 is 17.8 Å². The summed E-state index contributed by atoms with van der Waals surface area (Å²) in [6.07, 6.45) is 2.81. The lowest BCUT2D eigenvalue weighted by Crippen LogP contribution is -2.23. The fraction of sp³-hybridized carbons (Fsp3) is 0.0833. The van der Waals surface area contributed by atoms with Gasteiger partial charge in [0.15, 0.2) is 0 Å². The van der Waals surface area contributed by atoms with Crippen LogP contribution in [0.5, 0.6) is 5.75 Å². The lowest BCUT2D eigenvalue weighted by Gasteiger charge is -2.16. The van der Waals surface area contributed by atoms with E-state index in [0.717, 1.165) is 16.7 Å². The average molecular weight is 386 g/mol. The molecule has 29 heavy (non-hydrogen) atoms. The van der Waals surface area contributed by atoms with Crippen molar-refractivity contribution in [2.24, 2.45) is 5.10 Å². The number of anilines is 1. The van der Waals surface area contributed by atoms with Gasteiger partial charge in [0.2, 0.25) is 0 Å². The van der Waals surface area contributed by atoms with Crippen LogP contribution >= 0.6 is 0 Å². The number of hydrogen-bond acceptors (Lipinski definition) is 4. The van der Waals surface area contributed by atoms with Crippen molar-refractivity contribution in [3.05, 3.63) is 97.1 Å². The van der Waals surface area contributed by atoms with Gasteiger partial charge in [0, 0.05) is 0 Å². The Kier molecular flexibility index (Phi) is 6.92. The van der Waals surface area contributed by atoms with Crippen LogP contribution in [0.25, 0.3) is 11.1 Å². The molecule has 146 valence electrons. The topological polar surface area (TPSA) is 62.1 Å². The first kappa shape index (κ1) is 20.0. The summed E-state index contributed by atoms with van der Waals surface area (Å²) in [5.74, 6) is 0.290. The smallest absolute Gasteiger partial charge is 0.270 e. The normalized spacial score (nSPS) is 10.7. The molecule has 5 nitrogen and oxygen atoms in total. The van der Waals surface area contributed by atoms with E-state index in [-0.39, 0.29) is 19.1 Å². The monoisotopic (exact) mass is 386 g/mol. The molecule has 0 radical (unpaired) electrons. The van der Waals surface area contributed by atoms with Crippen molar-refractivity contribution in [2.45, 2.75) is 0 Å². The number of carbonyl (C=O) groups is 1. The van der Waals surface area contributed by atoms with Gasteiger partial charge in [0.25, 0.3) is 5.91 Å². The Balaban J connectivity index is 1.82. The Bertz CT molecular complexity index is 983. The number of hydrogen-bond donors (Lipinski definition) is 1. The summed E-state index contributed by atoms with van der Waals surface area (Å²) >= 11 is 0. The van der Waals surface area contributed by atoms with Gasteiger partial charge < -0.3 is 9.84 Å². The van der Waals surface area contributed by atoms with Crippen molar-refractivity contribution in [1.29, 1.82) is 0 Å². The lowest BCUT2D eigenvalue weighted by atomic mass is 10.1. The van der Waals surface area contributed by atoms with Crippen molar-refractivity contribution in [3.63, 3.8) is 0 Å². The number of nitrogens with zero attached hydrogens (tertiary/aromatic N) is 2. The van der Waals surface area contributed by atoms with Crippen LogP contribution in [0, 0.1) is 0 Å². The van der Waals surface area contributed by atoms with Gasteiger partial charge >= 0.3 is 0 Å². The number of carbonyl (C=O) groups excluding carboxylic acids is 1. The first-order chi connectivity index (χ1) is 14.2. The van der Waals surface area contributed by atoms with E-state index in [9.17, 15) is 4.79 Å². The van der Waals surface area contributed by atoms with Crippen LogP contribution in [0.4, 0.5) is 5.69 Å². The van der Waals surface area contributed by atoms with Gasteiger partial charge in [-0.25, -0.2) is 0 Å². The third-order valence-electron chi connectivity index (χ3n) is 4.14. The van der Waals surface area contributed by atoms with E-state index in [0.29, 0.717) is 11.4 Å². The second-order valence-corrected chi connectivity index (χ2v) is 6.16. The van der Waals surface area contributed by atoms with Crippen LogP contribution < -0.4 is 9.75 Å². The first-order valence-corrected chi connectivity index (χ1v) is 9.21. The fourth-order valence-electron chi connectivity index (χ4n) is 2.74. The molecule has 0 spiro atoms. The van der Waals surface area contributed by atoms with Crippen LogP contribution in [0.3, 0.4) is 0 Å². The Labute approximate surface area is 170 Å². The van der Waals surface area contributed by atoms with Crippen LogP contribution in [-0.4, -0.2) is 30.4 Å². The Morgan fingerprint density at radius 3 is 2.41 bits per heavy atom. The summed E-state index contributed by atoms with van der Waals surface area (Å²) in [4.78, 5) is 12.3. The molecular weight excluding hydrogens is 364 g/mol. The highest BCUT2D eigenvalue weighted by Crippen LogP contribution is 2.23. The molecule has 1 amide bonds. The zero-order valence-electron chi connectivity index (χ0n) is 15.9. The zero-order valence-corrected chi connectivity index (χ0v) is 15.9. The predicted molar refractivity (Wildman–Crippen MR) is 116 cm³/mol. The Hall–Kier alpha value is -3.70. The highest BCUT2D eigenvalue weighted by molar-refractivity contribution is 6.02. The van der Waals surface area contributed by atoms with E-state index >= 15 is 0 Å². The van der Waals surface area contributed by atoms with E-state index < -0.39 is 0 Å². The van der Waals surface area contributed by atoms with E-state index in [2.05, 4.69) is 11.7 Å². The SMILES string of the molecule is C=CC(=O)N(N=Cc1cccc(OCCO)c1)c1ccc(-c2ccccc2)cc1. The number of hydrazone groups is 1. The number of aliphatic hydroxyl groups excluding tert-OH is 1. The minimum atomic E-state index is -0.332. The molecule has 0 saturated carbocycles. The summed E-state index contributed by atoms with van der Waals surface area (Å²) in [5, 5.41) is 14.5. The standard InChI is InChI=1S/C24H22N2O3/c1-2-24(28)26(25-18-19-7-6-10-23(17-19)29-16-15-27)22-13-11-21(12-14-22)20-8-4-3-5-9-20/h2-14,17-18,27H,1,15-16H2.